The number of carbonyl (C=O) groups excluding carboxylic acids is 2. The minimum Gasteiger partial charge on any atom is -0.480 e. The topological polar surface area (TPSA) is 66.0 Å². The third-order valence-corrected chi connectivity index (χ3v) is 5.08. The van der Waals surface area contributed by atoms with Crippen LogP contribution in [0.15, 0.2) is 36.4 Å². The number of fused-ring (bicyclic) bond motifs is 1. The molecule has 1 aromatic heterocycles. The van der Waals surface area contributed by atoms with Crippen molar-refractivity contribution in [1.82, 2.24) is 14.8 Å². The van der Waals surface area contributed by atoms with E-state index in [2.05, 4.69) is 26.9 Å². The molecule has 2 amide bonds. The number of rotatable bonds is 4. The Morgan fingerprint density at radius 1 is 1.04 bits per heavy atom. The maximum Gasteiger partial charge on any atom is 0.268 e. The molecular weight excluding hydrogens is 344 g/mol. The second-order valence-electron chi connectivity index (χ2n) is 6.82. The number of benzene rings is 1. The van der Waals surface area contributed by atoms with Crippen molar-refractivity contribution in [2.75, 3.05) is 44.9 Å². The van der Waals surface area contributed by atoms with E-state index in [1.807, 2.05) is 18.2 Å². The molecule has 0 unspecified atom stereocenters. The highest BCUT2D eigenvalue weighted by Crippen LogP contribution is 2.30. The maximum atomic E-state index is 12.8. The van der Waals surface area contributed by atoms with Crippen molar-refractivity contribution in [1.29, 1.82) is 0 Å². The van der Waals surface area contributed by atoms with Gasteiger partial charge in [0.1, 0.15) is 5.56 Å². The van der Waals surface area contributed by atoms with Gasteiger partial charge in [0.05, 0.1) is 19.3 Å². The van der Waals surface area contributed by atoms with Crippen molar-refractivity contribution in [3.63, 3.8) is 0 Å². The number of methoxy groups -OCH3 is 1. The monoisotopic (exact) mass is 366 g/mol. The van der Waals surface area contributed by atoms with Crippen molar-refractivity contribution in [3.8, 4) is 5.88 Å². The number of anilines is 1. The summed E-state index contributed by atoms with van der Waals surface area (Å²) in [6, 6.07) is 11.9. The average molecular weight is 366 g/mol. The number of imide groups is 1. The smallest absolute Gasteiger partial charge is 0.268 e. The third kappa shape index (κ3) is 3.14. The molecule has 140 valence electrons. The summed E-state index contributed by atoms with van der Waals surface area (Å²) in [4.78, 5) is 35.6. The molecular formula is C20H22N4O3. The van der Waals surface area contributed by atoms with Crippen LogP contribution >= 0.6 is 0 Å². The van der Waals surface area contributed by atoms with E-state index in [9.17, 15) is 9.59 Å². The lowest BCUT2D eigenvalue weighted by molar-refractivity contribution is 0.0534. The highest BCUT2D eigenvalue weighted by molar-refractivity contribution is 6.22. The normalized spacial score (nSPS) is 17.4. The van der Waals surface area contributed by atoms with Gasteiger partial charge in [0.15, 0.2) is 0 Å². The summed E-state index contributed by atoms with van der Waals surface area (Å²) in [5, 5.41) is 0. The molecule has 0 aliphatic carbocycles. The Morgan fingerprint density at radius 3 is 2.41 bits per heavy atom. The maximum absolute atomic E-state index is 12.8. The minimum atomic E-state index is -0.329. The molecule has 7 heteroatoms. The quantitative estimate of drug-likeness (QED) is 0.769. The SMILES string of the molecule is COc1nc(C)cc2c1C(=O)N(CN1CCN(c3ccccc3)CC1)C2=O. The van der Waals surface area contributed by atoms with Crippen LogP contribution in [0.4, 0.5) is 5.69 Å². The molecule has 1 saturated heterocycles. The first-order valence-electron chi connectivity index (χ1n) is 9.02. The summed E-state index contributed by atoms with van der Waals surface area (Å²) >= 11 is 0. The lowest BCUT2D eigenvalue weighted by Crippen LogP contribution is -2.51. The first-order valence-corrected chi connectivity index (χ1v) is 9.02. The van der Waals surface area contributed by atoms with Gasteiger partial charge in [-0.2, -0.15) is 0 Å². The zero-order chi connectivity index (χ0) is 19.0. The van der Waals surface area contributed by atoms with Crippen molar-refractivity contribution in [3.05, 3.63) is 53.2 Å². The lowest BCUT2D eigenvalue weighted by Gasteiger charge is -2.37. The van der Waals surface area contributed by atoms with Crippen molar-refractivity contribution >= 4 is 17.5 Å². The molecule has 0 bridgehead atoms. The first kappa shape index (κ1) is 17.5. The predicted octanol–water partition coefficient (Wildman–Crippen LogP) is 1.77. The van der Waals surface area contributed by atoms with Gasteiger partial charge in [-0.15, -0.1) is 0 Å². The van der Waals surface area contributed by atoms with Gasteiger partial charge in [-0.1, -0.05) is 18.2 Å². The zero-order valence-electron chi connectivity index (χ0n) is 15.5. The van der Waals surface area contributed by atoms with E-state index in [1.165, 1.54) is 17.7 Å². The molecule has 1 aromatic carbocycles. The van der Waals surface area contributed by atoms with E-state index in [0.717, 1.165) is 26.2 Å². The first-order chi connectivity index (χ1) is 13.1. The van der Waals surface area contributed by atoms with Crippen LogP contribution in [0.1, 0.15) is 26.4 Å². The number of carbonyl (C=O) groups is 2. The Hall–Kier alpha value is -2.93. The number of piperazine rings is 1. The third-order valence-electron chi connectivity index (χ3n) is 5.08. The molecule has 2 aliphatic rings. The molecule has 2 aliphatic heterocycles. The van der Waals surface area contributed by atoms with Crippen molar-refractivity contribution < 1.29 is 14.3 Å². The van der Waals surface area contributed by atoms with Gasteiger partial charge in [-0.3, -0.25) is 19.4 Å². The van der Waals surface area contributed by atoms with Crippen LogP contribution in [0.25, 0.3) is 0 Å². The summed E-state index contributed by atoms with van der Waals surface area (Å²) in [5.41, 5.74) is 2.51. The number of pyridine rings is 1. The van der Waals surface area contributed by atoms with Gasteiger partial charge in [0, 0.05) is 37.6 Å². The van der Waals surface area contributed by atoms with Gasteiger partial charge in [0.25, 0.3) is 11.8 Å². The number of amides is 2. The van der Waals surface area contributed by atoms with Crippen LogP contribution < -0.4 is 9.64 Å². The van der Waals surface area contributed by atoms with Gasteiger partial charge < -0.3 is 9.64 Å². The number of ether oxygens (including phenoxy) is 1. The molecule has 0 spiro atoms. The second kappa shape index (κ2) is 7.00. The van der Waals surface area contributed by atoms with E-state index in [4.69, 9.17) is 4.74 Å². The number of aryl methyl sites for hydroxylation is 1. The molecule has 0 N–H and O–H groups in total. The minimum absolute atomic E-state index is 0.222. The number of aromatic nitrogens is 1. The average Bonchev–Trinajstić information content (AvgIpc) is 2.93. The number of para-hydroxylation sites is 1. The molecule has 7 nitrogen and oxygen atoms in total. The number of hydrogen-bond donors (Lipinski definition) is 0. The second-order valence-corrected chi connectivity index (χ2v) is 6.82. The highest BCUT2D eigenvalue weighted by Gasteiger charge is 2.40. The Morgan fingerprint density at radius 2 is 1.74 bits per heavy atom. The molecule has 4 rings (SSSR count). The summed E-state index contributed by atoms with van der Waals surface area (Å²) < 4.78 is 5.23. The lowest BCUT2D eigenvalue weighted by atomic mass is 10.1. The van der Waals surface area contributed by atoms with Crippen molar-refractivity contribution in [2.45, 2.75) is 6.92 Å². The predicted molar refractivity (Wildman–Crippen MR) is 101 cm³/mol. The number of nitrogens with zero attached hydrogens (tertiary/aromatic N) is 4. The Kier molecular flexibility index (Phi) is 4.53. The molecule has 3 heterocycles. The van der Waals surface area contributed by atoms with Gasteiger partial charge in [-0.25, -0.2) is 4.98 Å². The van der Waals surface area contributed by atoms with E-state index in [-0.39, 0.29) is 29.9 Å². The molecule has 0 atom stereocenters. The van der Waals surface area contributed by atoms with E-state index in [1.54, 1.807) is 13.0 Å². The fraction of sp³-hybridized carbons (Fsp3) is 0.350. The summed E-state index contributed by atoms with van der Waals surface area (Å²) in [6.45, 7) is 5.37. The van der Waals surface area contributed by atoms with Crippen LogP contribution in [0, 0.1) is 6.92 Å². The van der Waals surface area contributed by atoms with E-state index in [0.29, 0.717) is 11.3 Å². The van der Waals surface area contributed by atoms with Crippen molar-refractivity contribution in [2.24, 2.45) is 0 Å². The van der Waals surface area contributed by atoms with E-state index >= 15 is 0 Å². The van der Waals surface area contributed by atoms with Gasteiger partial charge in [-0.05, 0) is 25.1 Å². The van der Waals surface area contributed by atoms with Crippen LogP contribution in [-0.4, -0.2) is 66.6 Å². The number of hydrogen-bond acceptors (Lipinski definition) is 6. The summed E-state index contributed by atoms with van der Waals surface area (Å²) in [5.74, 6) is -0.381. The van der Waals surface area contributed by atoms with Gasteiger partial charge in [0.2, 0.25) is 5.88 Å². The Labute approximate surface area is 158 Å². The van der Waals surface area contributed by atoms with Crippen LogP contribution in [0.5, 0.6) is 5.88 Å². The van der Waals surface area contributed by atoms with Crippen LogP contribution in [-0.2, 0) is 0 Å². The highest BCUT2D eigenvalue weighted by atomic mass is 16.5. The molecule has 2 aromatic rings. The fourth-order valence-electron chi connectivity index (χ4n) is 3.66. The Bertz CT molecular complexity index is 876. The van der Waals surface area contributed by atoms with Gasteiger partial charge >= 0.3 is 0 Å². The summed E-state index contributed by atoms with van der Waals surface area (Å²) in [7, 11) is 1.46. The van der Waals surface area contributed by atoms with Crippen LogP contribution in [0.2, 0.25) is 0 Å². The molecule has 1 fully saturated rings. The Balaban J connectivity index is 1.45. The molecule has 0 radical (unpaired) electrons. The summed E-state index contributed by atoms with van der Waals surface area (Å²) in [6.07, 6.45) is 0. The molecule has 0 saturated carbocycles. The largest absolute Gasteiger partial charge is 0.480 e. The molecule has 27 heavy (non-hydrogen) atoms. The standard InChI is InChI=1S/C20H22N4O3/c1-14-12-16-17(18(21-14)27-2)20(26)24(19(16)25)13-22-8-10-23(11-9-22)15-6-4-3-5-7-15/h3-7,12H,8-11,13H2,1-2H3. The zero-order valence-corrected chi connectivity index (χ0v) is 15.5. The fourth-order valence-corrected chi connectivity index (χ4v) is 3.66. The van der Waals surface area contributed by atoms with E-state index < -0.39 is 0 Å². The van der Waals surface area contributed by atoms with Crippen LogP contribution in [0.3, 0.4) is 0 Å².